The Morgan fingerprint density at radius 1 is 1.00 bits per heavy atom. The standard InChI is InChI=1S/C18H14IN5O4/c1-28-18(25)11-2-6-13(7-3-11)22-16-15(24(26)27)17(21-10-20-16)23-14-8-4-12(19)5-9-14/h2-10H,1H3,(H2,20,21,22,23). The molecule has 2 aromatic carbocycles. The predicted octanol–water partition coefficient (Wildman–Crippen LogP) is 4.26. The summed E-state index contributed by atoms with van der Waals surface area (Å²) in [7, 11) is 1.29. The van der Waals surface area contributed by atoms with Crippen LogP contribution in [0.15, 0.2) is 54.9 Å². The molecule has 0 aliphatic heterocycles. The summed E-state index contributed by atoms with van der Waals surface area (Å²) in [4.78, 5) is 30.6. The van der Waals surface area contributed by atoms with Crippen molar-refractivity contribution in [2.75, 3.05) is 17.7 Å². The van der Waals surface area contributed by atoms with E-state index in [1.54, 1.807) is 36.4 Å². The van der Waals surface area contributed by atoms with Gasteiger partial charge in [-0.25, -0.2) is 14.8 Å². The molecule has 0 atom stereocenters. The lowest BCUT2D eigenvalue weighted by Gasteiger charge is -2.10. The molecule has 0 radical (unpaired) electrons. The molecule has 0 aliphatic rings. The van der Waals surface area contributed by atoms with Crippen molar-refractivity contribution >= 4 is 57.3 Å². The third kappa shape index (κ3) is 4.52. The van der Waals surface area contributed by atoms with E-state index in [0.29, 0.717) is 16.9 Å². The van der Waals surface area contributed by atoms with E-state index in [-0.39, 0.29) is 17.3 Å². The molecule has 0 bridgehead atoms. The number of nitrogens with one attached hydrogen (secondary N) is 2. The van der Waals surface area contributed by atoms with Gasteiger partial charge in [0, 0.05) is 14.9 Å². The molecule has 0 saturated heterocycles. The highest BCUT2D eigenvalue weighted by Gasteiger charge is 2.23. The fourth-order valence-corrected chi connectivity index (χ4v) is 2.71. The number of carbonyl (C=O) groups is 1. The van der Waals surface area contributed by atoms with Crippen molar-refractivity contribution in [2.24, 2.45) is 0 Å². The van der Waals surface area contributed by atoms with Crippen molar-refractivity contribution in [1.29, 1.82) is 0 Å². The number of aromatic nitrogens is 2. The van der Waals surface area contributed by atoms with Crippen molar-refractivity contribution in [3.8, 4) is 0 Å². The van der Waals surface area contributed by atoms with Gasteiger partial charge in [-0.05, 0) is 71.1 Å². The number of benzene rings is 2. The molecule has 142 valence electrons. The van der Waals surface area contributed by atoms with Crippen LogP contribution in [0, 0.1) is 13.7 Å². The van der Waals surface area contributed by atoms with Crippen LogP contribution in [-0.2, 0) is 4.74 Å². The zero-order valence-corrected chi connectivity index (χ0v) is 16.7. The summed E-state index contributed by atoms with van der Waals surface area (Å²) >= 11 is 2.17. The van der Waals surface area contributed by atoms with E-state index >= 15 is 0 Å². The number of halogens is 1. The Labute approximate surface area is 173 Å². The smallest absolute Gasteiger partial charge is 0.353 e. The molecule has 0 aliphatic carbocycles. The number of methoxy groups -OCH3 is 1. The first kappa shape index (κ1) is 19.5. The molecule has 3 rings (SSSR count). The fourth-order valence-electron chi connectivity index (χ4n) is 2.35. The van der Waals surface area contributed by atoms with Gasteiger partial charge in [-0.3, -0.25) is 10.1 Å². The number of carbonyl (C=O) groups excluding carboxylic acids is 1. The average molecular weight is 491 g/mol. The lowest BCUT2D eigenvalue weighted by Crippen LogP contribution is -2.06. The summed E-state index contributed by atoms with van der Waals surface area (Å²) in [5.74, 6) is -0.378. The van der Waals surface area contributed by atoms with Gasteiger partial charge in [-0.1, -0.05) is 0 Å². The molecule has 0 amide bonds. The number of nitrogens with zero attached hydrogens (tertiary/aromatic N) is 3. The first-order valence-electron chi connectivity index (χ1n) is 7.95. The minimum atomic E-state index is -0.555. The quantitative estimate of drug-likeness (QED) is 0.227. The minimum Gasteiger partial charge on any atom is -0.465 e. The molecule has 0 saturated carbocycles. The van der Waals surface area contributed by atoms with E-state index in [4.69, 9.17) is 0 Å². The molecular formula is C18H14IN5O4. The van der Waals surface area contributed by atoms with Crippen LogP contribution in [0.25, 0.3) is 0 Å². The Balaban J connectivity index is 1.89. The predicted molar refractivity (Wildman–Crippen MR) is 112 cm³/mol. The third-order valence-electron chi connectivity index (χ3n) is 3.68. The van der Waals surface area contributed by atoms with E-state index in [0.717, 1.165) is 3.57 Å². The van der Waals surface area contributed by atoms with Crippen LogP contribution >= 0.6 is 22.6 Å². The van der Waals surface area contributed by atoms with Crippen LogP contribution in [0.1, 0.15) is 10.4 Å². The second-order valence-electron chi connectivity index (χ2n) is 5.50. The van der Waals surface area contributed by atoms with Crippen LogP contribution in [-0.4, -0.2) is 28.0 Å². The van der Waals surface area contributed by atoms with E-state index in [2.05, 4.69) is 47.9 Å². The van der Waals surface area contributed by atoms with Gasteiger partial charge in [0.05, 0.1) is 17.6 Å². The summed E-state index contributed by atoms with van der Waals surface area (Å²) < 4.78 is 5.69. The van der Waals surface area contributed by atoms with Gasteiger partial charge in [-0.2, -0.15) is 0 Å². The molecule has 0 unspecified atom stereocenters. The molecule has 28 heavy (non-hydrogen) atoms. The lowest BCUT2D eigenvalue weighted by atomic mass is 10.2. The van der Waals surface area contributed by atoms with Gasteiger partial charge in [0.25, 0.3) is 0 Å². The number of esters is 1. The van der Waals surface area contributed by atoms with Crippen LogP contribution in [0.4, 0.5) is 28.7 Å². The van der Waals surface area contributed by atoms with Crippen molar-refractivity contribution < 1.29 is 14.5 Å². The summed E-state index contributed by atoms with van der Waals surface area (Å²) in [6.45, 7) is 0. The van der Waals surface area contributed by atoms with Crippen molar-refractivity contribution in [1.82, 2.24) is 9.97 Å². The van der Waals surface area contributed by atoms with E-state index in [1.807, 2.05) is 12.1 Å². The molecule has 10 heteroatoms. The highest BCUT2D eigenvalue weighted by molar-refractivity contribution is 14.1. The number of anilines is 4. The van der Waals surface area contributed by atoms with E-state index < -0.39 is 10.9 Å². The van der Waals surface area contributed by atoms with Gasteiger partial charge in [0.15, 0.2) is 0 Å². The lowest BCUT2D eigenvalue weighted by molar-refractivity contribution is -0.383. The molecule has 3 aromatic rings. The number of rotatable bonds is 6. The van der Waals surface area contributed by atoms with Gasteiger partial charge in [0.1, 0.15) is 6.33 Å². The Hall–Kier alpha value is -3.28. The molecule has 0 spiro atoms. The zero-order valence-electron chi connectivity index (χ0n) is 14.5. The Morgan fingerprint density at radius 2 is 1.50 bits per heavy atom. The second-order valence-corrected chi connectivity index (χ2v) is 6.75. The maximum Gasteiger partial charge on any atom is 0.353 e. The molecule has 1 aromatic heterocycles. The van der Waals surface area contributed by atoms with Gasteiger partial charge in [-0.15, -0.1) is 0 Å². The molecule has 1 heterocycles. The van der Waals surface area contributed by atoms with Crippen LogP contribution in [0.5, 0.6) is 0 Å². The Bertz CT molecular complexity index is 1010. The van der Waals surface area contributed by atoms with Crippen molar-refractivity contribution in [3.63, 3.8) is 0 Å². The van der Waals surface area contributed by atoms with Gasteiger partial charge in [0.2, 0.25) is 11.6 Å². The Kier molecular flexibility index (Phi) is 5.99. The maximum absolute atomic E-state index is 11.6. The zero-order chi connectivity index (χ0) is 20.1. The van der Waals surface area contributed by atoms with Crippen molar-refractivity contribution in [3.05, 3.63) is 74.1 Å². The van der Waals surface area contributed by atoms with E-state index in [1.165, 1.54) is 13.4 Å². The highest BCUT2D eigenvalue weighted by Crippen LogP contribution is 2.33. The largest absolute Gasteiger partial charge is 0.465 e. The summed E-state index contributed by atoms with van der Waals surface area (Å²) in [5, 5.41) is 17.5. The number of hydrogen-bond donors (Lipinski definition) is 2. The number of ether oxygens (including phenoxy) is 1. The third-order valence-corrected chi connectivity index (χ3v) is 4.40. The van der Waals surface area contributed by atoms with Crippen LogP contribution in [0.2, 0.25) is 0 Å². The summed E-state index contributed by atoms with van der Waals surface area (Å²) in [6, 6.07) is 13.6. The molecule has 2 N–H and O–H groups in total. The first-order chi connectivity index (χ1) is 13.5. The second kappa shape index (κ2) is 8.61. The Morgan fingerprint density at radius 3 is 1.96 bits per heavy atom. The monoisotopic (exact) mass is 491 g/mol. The normalized spacial score (nSPS) is 10.2. The van der Waals surface area contributed by atoms with Crippen molar-refractivity contribution in [2.45, 2.75) is 0 Å². The molecular weight excluding hydrogens is 477 g/mol. The van der Waals surface area contributed by atoms with E-state index in [9.17, 15) is 14.9 Å². The number of hydrogen-bond acceptors (Lipinski definition) is 8. The molecule has 9 nitrogen and oxygen atoms in total. The van der Waals surface area contributed by atoms with Gasteiger partial charge < -0.3 is 15.4 Å². The first-order valence-corrected chi connectivity index (χ1v) is 9.03. The van der Waals surface area contributed by atoms with Crippen LogP contribution < -0.4 is 10.6 Å². The number of nitro groups is 1. The SMILES string of the molecule is COC(=O)c1ccc(Nc2ncnc(Nc3ccc(I)cc3)c2[N+](=O)[O-])cc1. The average Bonchev–Trinajstić information content (AvgIpc) is 2.69. The maximum atomic E-state index is 11.6. The van der Waals surface area contributed by atoms with Crippen LogP contribution in [0.3, 0.4) is 0 Å². The summed E-state index contributed by atoms with van der Waals surface area (Å²) in [6.07, 6.45) is 1.23. The fraction of sp³-hybridized carbons (Fsp3) is 0.0556. The molecule has 0 fully saturated rings. The summed E-state index contributed by atoms with van der Waals surface area (Å²) in [5.41, 5.74) is 1.26. The highest BCUT2D eigenvalue weighted by atomic mass is 127. The minimum absolute atomic E-state index is 0.0267. The topological polar surface area (TPSA) is 119 Å². The van der Waals surface area contributed by atoms with Gasteiger partial charge >= 0.3 is 11.7 Å².